The van der Waals surface area contributed by atoms with Gasteiger partial charge in [0.05, 0.1) is 0 Å². The average molecular weight is 245 g/mol. The number of rotatable bonds is 1. The normalized spacial score (nSPS) is 17.8. The molecule has 1 aromatic carbocycles. The number of hydrogen-bond acceptors (Lipinski definition) is 2. The summed E-state index contributed by atoms with van der Waals surface area (Å²) in [6.07, 6.45) is 5.69. The first-order chi connectivity index (χ1) is 8.79. The Balaban J connectivity index is 2.12. The summed E-state index contributed by atoms with van der Waals surface area (Å²) in [5.74, 6) is -0.173. The maximum absolute atomic E-state index is 12.3. The molecule has 1 fully saturated rings. The van der Waals surface area contributed by atoms with E-state index in [4.69, 9.17) is 0 Å². The van der Waals surface area contributed by atoms with Crippen molar-refractivity contribution >= 4 is 11.8 Å². The Morgan fingerprint density at radius 2 is 1.61 bits per heavy atom. The number of carbonyl (C=O) groups is 2. The minimum absolute atomic E-state index is 0.0225. The van der Waals surface area contributed by atoms with E-state index in [0.717, 1.165) is 25.7 Å². The van der Waals surface area contributed by atoms with Gasteiger partial charge in [0.25, 0.3) is 5.91 Å². The Kier molecular flexibility index (Phi) is 4.51. The summed E-state index contributed by atoms with van der Waals surface area (Å²) >= 11 is 0. The van der Waals surface area contributed by atoms with E-state index in [1.54, 1.807) is 12.1 Å². The second kappa shape index (κ2) is 6.34. The molecule has 1 heterocycles. The van der Waals surface area contributed by atoms with E-state index >= 15 is 0 Å². The Bertz CT molecular complexity index is 414. The molecule has 1 aliphatic heterocycles. The van der Waals surface area contributed by atoms with Gasteiger partial charge in [-0.1, -0.05) is 37.5 Å². The molecule has 0 unspecified atom stereocenters. The molecule has 96 valence electrons. The van der Waals surface area contributed by atoms with E-state index in [2.05, 4.69) is 0 Å². The van der Waals surface area contributed by atoms with Gasteiger partial charge >= 0.3 is 0 Å². The van der Waals surface area contributed by atoms with Crippen molar-refractivity contribution in [2.75, 3.05) is 6.54 Å². The third-order valence-corrected chi connectivity index (χ3v) is 3.34. The lowest BCUT2D eigenvalue weighted by molar-refractivity contribution is -0.128. The fourth-order valence-corrected chi connectivity index (χ4v) is 2.29. The van der Waals surface area contributed by atoms with Crippen molar-refractivity contribution in [3.05, 3.63) is 35.9 Å². The Hall–Kier alpha value is -1.64. The zero-order valence-corrected chi connectivity index (χ0v) is 10.6. The van der Waals surface area contributed by atoms with Crippen molar-refractivity contribution in [1.82, 2.24) is 4.90 Å². The van der Waals surface area contributed by atoms with Crippen LogP contribution in [0, 0.1) is 0 Å². The molecular weight excluding hydrogens is 226 g/mol. The lowest BCUT2D eigenvalue weighted by Gasteiger charge is -2.20. The number of amides is 2. The Labute approximate surface area is 108 Å². The number of carbonyl (C=O) groups excluding carboxylic acids is 2. The molecule has 0 radical (unpaired) electrons. The quantitative estimate of drug-likeness (QED) is 0.713. The Morgan fingerprint density at radius 3 is 2.39 bits per heavy atom. The van der Waals surface area contributed by atoms with Crippen LogP contribution in [0.2, 0.25) is 0 Å². The summed E-state index contributed by atoms with van der Waals surface area (Å²) in [5.41, 5.74) is 0.602. The first kappa shape index (κ1) is 12.8. The third-order valence-electron chi connectivity index (χ3n) is 3.34. The van der Waals surface area contributed by atoms with Crippen molar-refractivity contribution in [2.45, 2.75) is 38.5 Å². The van der Waals surface area contributed by atoms with Crippen LogP contribution >= 0.6 is 0 Å². The standard InChI is InChI=1S/C15H19NO2/c17-14-11-7-2-1-3-8-12-16(14)15(18)13-9-5-4-6-10-13/h4-6,9-10H,1-3,7-8,11-12H2. The minimum atomic E-state index is -0.150. The topological polar surface area (TPSA) is 37.4 Å². The molecule has 0 spiro atoms. The second-order valence-corrected chi connectivity index (χ2v) is 4.73. The van der Waals surface area contributed by atoms with E-state index in [9.17, 15) is 9.59 Å². The monoisotopic (exact) mass is 245 g/mol. The molecule has 0 N–H and O–H groups in total. The summed E-state index contributed by atoms with van der Waals surface area (Å²) in [6, 6.07) is 9.06. The minimum Gasteiger partial charge on any atom is -0.279 e. The first-order valence-corrected chi connectivity index (χ1v) is 6.69. The van der Waals surface area contributed by atoms with Crippen molar-refractivity contribution < 1.29 is 9.59 Å². The van der Waals surface area contributed by atoms with Gasteiger partial charge in [-0.2, -0.15) is 0 Å². The number of nitrogens with zero attached hydrogens (tertiary/aromatic N) is 1. The van der Waals surface area contributed by atoms with Gasteiger partial charge in [0.15, 0.2) is 0 Å². The number of benzene rings is 1. The average Bonchev–Trinajstić information content (AvgIpc) is 2.51. The first-order valence-electron chi connectivity index (χ1n) is 6.69. The predicted octanol–water partition coefficient (Wildman–Crippen LogP) is 3.01. The van der Waals surface area contributed by atoms with E-state index in [1.165, 1.54) is 11.3 Å². The van der Waals surface area contributed by atoms with E-state index in [1.807, 2.05) is 18.2 Å². The third kappa shape index (κ3) is 3.19. The fourth-order valence-electron chi connectivity index (χ4n) is 2.29. The van der Waals surface area contributed by atoms with Crippen LogP contribution in [0.5, 0.6) is 0 Å². The van der Waals surface area contributed by atoms with Crippen LogP contribution in [0.3, 0.4) is 0 Å². The summed E-state index contributed by atoms with van der Waals surface area (Å²) in [5, 5.41) is 0. The Morgan fingerprint density at radius 1 is 0.944 bits per heavy atom. The van der Waals surface area contributed by atoms with Crippen molar-refractivity contribution in [3.63, 3.8) is 0 Å². The molecule has 2 rings (SSSR count). The largest absolute Gasteiger partial charge is 0.279 e. The van der Waals surface area contributed by atoms with Crippen LogP contribution in [-0.2, 0) is 4.79 Å². The van der Waals surface area contributed by atoms with Gasteiger partial charge in [0, 0.05) is 18.5 Å². The molecule has 2 amide bonds. The molecule has 0 aliphatic carbocycles. The van der Waals surface area contributed by atoms with Gasteiger partial charge in [0.2, 0.25) is 5.91 Å². The van der Waals surface area contributed by atoms with Crippen LogP contribution in [0.4, 0.5) is 0 Å². The lowest BCUT2D eigenvalue weighted by Crippen LogP contribution is -2.37. The van der Waals surface area contributed by atoms with Crippen molar-refractivity contribution in [1.29, 1.82) is 0 Å². The molecule has 1 aliphatic rings. The highest BCUT2D eigenvalue weighted by molar-refractivity contribution is 6.04. The molecule has 3 nitrogen and oxygen atoms in total. The summed E-state index contributed by atoms with van der Waals surface area (Å²) in [7, 11) is 0. The van der Waals surface area contributed by atoms with E-state index in [-0.39, 0.29) is 11.8 Å². The molecule has 1 saturated heterocycles. The lowest BCUT2D eigenvalue weighted by atomic mass is 10.1. The van der Waals surface area contributed by atoms with Gasteiger partial charge in [-0.05, 0) is 25.0 Å². The van der Waals surface area contributed by atoms with Gasteiger partial charge in [-0.25, -0.2) is 0 Å². The van der Waals surface area contributed by atoms with Gasteiger partial charge in [0.1, 0.15) is 0 Å². The predicted molar refractivity (Wildman–Crippen MR) is 70.2 cm³/mol. The molecule has 18 heavy (non-hydrogen) atoms. The van der Waals surface area contributed by atoms with Crippen LogP contribution < -0.4 is 0 Å². The maximum atomic E-state index is 12.3. The number of imide groups is 1. The van der Waals surface area contributed by atoms with Crippen LogP contribution in [0.15, 0.2) is 30.3 Å². The summed E-state index contributed by atoms with van der Waals surface area (Å²) in [4.78, 5) is 25.8. The SMILES string of the molecule is O=C1CCCCCCCN1C(=O)c1ccccc1. The van der Waals surface area contributed by atoms with Crippen LogP contribution in [0.25, 0.3) is 0 Å². The molecule has 0 bridgehead atoms. The zero-order chi connectivity index (χ0) is 12.8. The van der Waals surface area contributed by atoms with Gasteiger partial charge < -0.3 is 0 Å². The molecule has 1 aromatic rings. The summed E-state index contributed by atoms with van der Waals surface area (Å²) < 4.78 is 0. The smallest absolute Gasteiger partial charge is 0.260 e. The van der Waals surface area contributed by atoms with Crippen molar-refractivity contribution in [2.24, 2.45) is 0 Å². The molecule has 0 atom stereocenters. The number of hydrogen-bond donors (Lipinski definition) is 0. The van der Waals surface area contributed by atoms with Gasteiger partial charge in [-0.15, -0.1) is 0 Å². The van der Waals surface area contributed by atoms with E-state index < -0.39 is 0 Å². The fraction of sp³-hybridized carbons (Fsp3) is 0.467. The highest BCUT2D eigenvalue weighted by atomic mass is 16.2. The molecule has 0 saturated carbocycles. The summed E-state index contributed by atoms with van der Waals surface area (Å²) in [6.45, 7) is 0.562. The van der Waals surface area contributed by atoms with Crippen LogP contribution in [-0.4, -0.2) is 23.3 Å². The highest BCUT2D eigenvalue weighted by Crippen LogP contribution is 2.14. The molecule has 0 aromatic heterocycles. The highest BCUT2D eigenvalue weighted by Gasteiger charge is 2.22. The van der Waals surface area contributed by atoms with Gasteiger partial charge in [-0.3, -0.25) is 14.5 Å². The maximum Gasteiger partial charge on any atom is 0.260 e. The van der Waals surface area contributed by atoms with Crippen molar-refractivity contribution in [3.8, 4) is 0 Å². The van der Waals surface area contributed by atoms with Crippen LogP contribution in [0.1, 0.15) is 48.9 Å². The van der Waals surface area contributed by atoms with E-state index in [0.29, 0.717) is 18.5 Å². The molecular formula is C15H19NO2. The molecule has 3 heteroatoms. The zero-order valence-electron chi connectivity index (χ0n) is 10.6. The second-order valence-electron chi connectivity index (χ2n) is 4.73.